The molecular weight excluding hydrogens is 178 g/mol. The van der Waals surface area contributed by atoms with E-state index >= 15 is 0 Å². The Bertz CT molecular complexity index is 355. The fraction of sp³-hybridized carbons (Fsp3) is 0. The van der Waals surface area contributed by atoms with Crippen LogP contribution in [0.25, 0.3) is 6.08 Å². The van der Waals surface area contributed by atoms with Crippen molar-refractivity contribution in [1.29, 1.82) is 0 Å². The maximum absolute atomic E-state index is 10.3. The van der Waals surface area contributed by atoms with Gasteiger partial charge in [-0.25, -0.2) is 4.79 Å². The van der Waals surface area contributed by atoms with Crippen LogP contribution in [0, 0.1) is 0 Å². The molecule has 14 heavy (non-hydrogen) atoms. The second-order valence-electron chi connectivity index (χ2n) is 2.67. The van der Waals surface area contributed by atoms with E-state index in [2.05, 4.69) is 11.9 Å². The number of aliphatic carboxylic acids is 1. The lowest BCUT2D eigenvalue weighted by molar-refractivity contribution is -0.132. The van der Waals surface area contributed by atoms with Gasteiger partial charge in [0.25, 0.3) is 0 Å². The number of carbonyl (C=O) groups is 1. The van der Waals surface area contributed by atoms with E-state index in [9.17, 15) is 4.79 Å². The van der Waals surface area contributed by atoms with E-state index in [0.717, 1.165) is 5.56 Å². The van der Waals surface area contributed by atoms with Crippen molar-refractivity contribution >= 4 is 12.0 Å². The number of hydrogen-bond donors (Lipinski definition) is 2. The fourth-order valence-corrected chi connectivity index (χ4v) is 0.864. The maximum Gasteiger partial charge on any atom is 0.351 e. The van der Waals surface area contributed by atoms with Crippen molar-refractivity contribution in [1.82, 2.24) is 5.32 Å². The highest BCUT2D eigenvalue weighted by atomic mass is 16.4. The monoisotopic (exact) mass is 189 g/mol. The van der Waals surface area contributed by atoms with Gasteiger partial charge in [-0.05, 0) is 11.6 Å². The van der Waals surface area contributed by atoms with Gasteiger partial charge in [-0.2, -0.15) is 0 Å². The molecule has 1 rings (SSSR count). The van der Waals surface area contributed by atoms with Crippen molar-refractivity contribution in [3.8, 4) is 0 Å². The van der Waals surface area contributed by atoms with Crippen molar-refractivity contribution in [3.05, 3.63) is 54.4 Å². The number of carboxylic acids is 1. The highest BCUT2D eigenvalue weighted by Gasteiger charge is 1.98. The van der Waals surface area contributed by atoms with Crippen LogP contribution in [0.4, 0.5) is 0 Å². The van der Waals surface area contributed by atoms with E-state index in [0.29, 0.717) is 0 Å². The molecule has 0 amide bonds. The highest BCUT2D eigenvalue weighted by molar-refractivity contribution is 5.85. The van der Waals surface area contributed by atoms with Crippen LogP contribution in [0.3, 0.4) is 0 Å². The number of benzene rings is 1. The molecule has 0 aromatic heterocycles. The Morgan fingerprint density at radius 2 is 2.00 bits per heavy atom. The van der Waals surface area contributed by atoms with E-state index in [1.807, 2.05) is 30.3 Å². The van der Waals surface area contributed by atoms with Gasteiger partial charge in [0.1, 0.15) is 5.70 Å². The summed E-state index contributed by atoms with van der Waals surface area (Å²) in [6.07, 6.45) is 3.32. The van der Waals surface area contributed by atoms with Crippen molar-refractivity contribution in [2.24, 2.45) is 0 Å². The zero-order valence-corrected chi connectivity index (χ0v) is 7.60. The Hall–Kier alpha value is -2.03. The van der Waals surface area contributed by atoms with Crippen molar-refractivity contribution in [2.45, 2.75) is 0 Å². The van der Waals surface area contributed by atoms with Crippen LogP contribution < -0.4 is 5.32 Å². The average molecular weight is 189 g/mol. The van der Waals surface area contributed by atoms with Gasteiger partial charge in [-0.1, -0.05) is 36.9 Å². The molecule has 1 aromatic carbocycles. The summed E-state index contributed by atoms with van der Waals surface area (Å²) < 4.78 is 0. The van der Waals surface area contributed by atoms with Gasteiger partial charge in [0.05, 0.1) is 0 Å². The van der Waals surface area contributed by atoms with Crippen molar-refractivity contribution in [2.75, 3.05) is 0 Å². The standard InChI is InChI=1S/C11H11NO2/c1-9(11(13)14)12-8-7-10-5-3-2-4-6-10/h2-8,12H,1H2,(H,13,14). The Morgan fingerprint density at radius 3 is 2.57 bits per heavy atom. The first kappa shape index (κ1) is 10.1. The van der Waals surface area contributed by atoms with Crippen LogP contribution in [-0.4, -0.2) is 11.1 Å². The lowest BCUT2D eigenvalue weighted by Crippen LogP contribution is -2.12. The van der Waals surface area contributed by atoms with Gasteiger partial charge >= 0.3 is 5.97 Å². The van der Waals surface area contributed by atoms with Gasteiger partial charge < -0.3 is 10.4 Å². The summed E-state index contributed by atoms with van der Waals surface area (Å²) in [5.41, 5.74) is 0.954. The smallest absolute Gasteiger partial charge is 0.351 e. The van der Waals surface area contributed by atoms with Crippen LogP contribution in [0.5, 0.6) is 0 Å². The molecule has 0 radical (unpaired) electrons. The minimum Gasteiger partial charge on any atom is -0.477 e. The molecule has 0 saturated heterocycles. The van der Waals surface area contributed by atoms with Crippen LogP contribution >= 0.6 is 0 Å². The Labute approximate surface area is 82.4 Å². The summed E-state index contributed by atoms with van der Waals surface area (Å²) in [5, 5.41) is 11.0. The van der Waals surface area contributed by atoms with E-state index in [1.165, 1.54) is 0 Å². The van der Waals surface area contributed by atoms with E-state index in [4.69, 9.17) is 5.11 Å². The van der Waals surface area contributed by atoms with Gasteiger partial charge in [0.2, 0.25) is 0 Å². The normalized spacial score (nSPS) is 10.0. The molecule has 2 N–H and O–H groups in total. The molecule has 0 aliphatic heterocycles. The van der Waals surface area contributed by atoms with Crippen LogP contribution in [0.1, 0.15) is 5.56 Å². The largest absolute Gasteiger partial charge is 0.477 e. The van der Waals surface area contributed by atoms with Gasteiger partial charge in [0.15, 0.2) is 0 Å². The summed E-state index contributed by atoms with van der Waals surface area (Å²) in [6.45, 7) is 3.32. The molecule has 0 aliphatic rings. The molecule has 0 bridgehead atoms. The molecule has 72 valence electrons. The molecule has 0 spiro atoms. The predicted molar refractivity (Wildman–Crippen MR) is 55.4 cm³/mol. The van der Waals surface area contributed by atoms with Crippen molar-refractivity contribution < 1.29 is 9.90 Å². The Kier molecular flexibility index (Phi) is 3.49. The molecular formula is C11H11NO2. The van der Waals surface area contributed by atoms with Crippen LogP contribution in [-0.2, 0) is 4.79 Å². The zero-order chi connectivity index (χ0) is 10.4. The molecule has 0 atom stereocenters. The minimum absolute atomic E-state index is 0.0443. The molecule has 1 aromatic rings. The second kappa shape index (κ2) is 4.87. The van der Waals surface area contributed by atoms with E-state index in [-0.39, 0.29) is 5.70 Å². The van der Waals surface area contributed by atoms with Gasteiger partial charge in [-0.15, -0.1) is 0 Å². The molecule has 0 saturated carbocycles. The van der Waals surface area contributed by atoms with Crippen LogP contribution in [0.15, 0.2) is 48.8 Å². The third kappa shape index (κ3) is 3.15. The topological polar surface area (TPSA) is 49.3 Å². The summed E-state index contributed by atoms with van der Waals surface area (Å²) in [5.74, 6) is -1.05. The second-order valence-corrected chi connectivity index (χ2v) is 2.67. The minimum atomic E-state index is -1.05. The van der Waals surface area contributed by atoms with E-state index in [1.54, 1.807) is 12.3 Å². The first-order valence-corrected chi connectivity index (χ1v) is 4.10. The summed E-state index contributed by atoms with van der Waals surface area (Å²) in [4.78, 5) is 10.3. The van der Waals surface area contributed by atoms with E-state index < -0.39 is 5.97 Å². The molecule has 3 nitrogen and oxygen atoms in total. The molecule has 3 heteroatoms. The molecule has 0 fully saturated rings. The summed E-state index contributed by atoms with van der Waals surface area (Å²) in [6, 6.07) is 9.57. The summed E-state index contributed by atoms with van der Waals surface area (Å²) >= 11 is 0. The van der Waals surface area contributed by atoms with Gasteiger partial charge in [0, 0.05) is 6.20 Å². The Morgan fingerprint density at radius 1 is 1.36 bits per heavy atom. The van der Waals surface area contributed by atoms with Gasteiger partial charge in [-0.3, -0.25) is 0 Å². The number of carboxylic acid groups (broad SMARTS) is 1. The zero-order valence-electron chi connectivity index (χ0n) is 7.60. The first-order valence-electron chi connectivity index (χ1n) is 4.10. The predicted octanol–water partition coefficient (Wildman–Crippen LogP) is 1.85. The Balaban J connectivity index is 2.50. The average Bonchev–Trinajstić information content (AvgIpc) is 2.19. The third-order valence-corrected chi connectivity index (χ3v) is 1.59. The number of nitrogens with one attached hydrogen (secondary N) is 1. The van der Waals surface area contributed by atoms with Crippen LogP contribution in [0.2, 0.25) is 0 Å². The number of hydrogen-bond acceptors (Lipinski definition) is 2. The maximum atomic E-state index is 10.3. The quantitative estimate of drug-likeness (QED) is 0.710. The fourth-order valence-electron chi connectivity index (χ4n) is 0.864. The number of rotatable bonds is 4. The third-order valence-electron chi connectivity index (χ3n) is 1.59. The van der Waals surface area contributed by atoms with Crippen molar-refractivity contribution in [3.63, 3.8) is 0 Å². The lowest BCUT2D eigenvalue weighted by Gasteiger charge is -1.97. The molecule has 0 aliphatic carbocycles. The molecule has 0 unspecified atom stereocenters. The SMILES string of the molecule is C=C(NC=Cc1ccccc1)C(=O)O. The molecule has 0 heterocycles. The highest BCUT2D eigenvalue weighted by Crippen LogP contribution is 1.99. The first-order chi connectivity index (χ1) is 6.70. The summed E-state index contributed by atoms with van der Waals surface area (Å²) in [7, 11) is 0. The lowest BCUT2D eigenvalue weighted by atomic mass is 10.2.